The van der Waals surface area contributed by atoms with Gasteiger partial charge in [0.05, 0.1) is 34.1 Å². The Morgan fingerprint density at radius 1 is 0.941 bits per heavy atom. The van der Waals surface area contributed by atoms with Crippen molar-refractivity contribution in [3.05, 3.63) is 91.2 Å². The van der Waals surface area contributed by atoms with Gasteiger partial charge in [0.15, 0.2) is 11.5 Å². The van der Waals surface area contributed by atoms with Crippen LogP contribution in [0.1, 0.15) is 11.1 Å². The highest BCUT2D eigenvalue weighted by molar-refractivity contribution is 7.14. The average molecular weight is 553 g/mol. The first-order valence-electron chi connectivity index (χ1n) is 9.87. The summed E-state index contributed by atoms with van der Waals surface area (Å²) in [5.41, 5.74) is 6.21. The first-order valence-corrected chi connectivity index (χ1v) is 12.3. The summed E-state index contributed by atoms with van der Waals surface area (Å²) in [5.74, 6) is 1.18. The number of thiazole rings is 1. The van der Waals surface area contributed by atoms with E-state index in [-0.39, 0.29) is 0 Å². The minimum Gasteiger partial charge on any atom is -0.493 e. The number of hydrogen-bond donors (Lipinski definition) is 1. The molecule has 1 aromatic heterocycles. The van der Waals surface area contributed by atoms with E-state index in [1.165, 1.54) is 11.3 Å². The van der Waals surface area contributed by atoms with Gasteiger partial charge in [0, 0.05) is 16.0 Å². The van der Waals surface area contributed by atoms with Crippen LogP contribution in [0.2, 0.25) is 20.1 Å². The van der Waals surface area contributed by atoms with E-state index in [9.17, 15) is 0 Å². The lowest BCUT2D eigenvalue weighted by atomic mass is 10.2. The van der Waals surface area contributed by atoms with Crippen LogP contribution in [0.15, 0.2) is 65.1 Å². The van der Waals surface area contributed by atoms with E-state index in [1.54, 1.807) is 37.6 Å². The molecule has 0 aliphatic carbocycles. The molecule has 3 aromatic carbocycles. The lowest BCUT2D eigenvalue weighted by Gasteiger charge is -2.11. The maximum Gasteiger partial charge on any atom is 0.203 e. The highest BCUT2D eigenvalue weighted by Crippen LogP contribution is 2.33. The molecule has 4 aromatic rings. The van der Waals surface area contributed by atoms with Crippen LogP contribution in [-0.4, -0.2) is 18.3 Å². The molecule has 1 heterocycles. The van der Waals surface area contributed by atoms with Gasteiger partial charge in [-0.1, -0.05) is 52.5 Å². The predicted molar refractivity (Wildman–Crippen MR) is 143 cm³/mol. The Morgan fingerprint density at radius 3 is 2.56 bits per heavy atom. The summed E-state index contributed by atoms with van der Waals surface area (Å²) in [6.45, 7) is 0.326. The van der Waals surface area contributed by atoms with E-state index >= 15 is 0 Å². The van der Waals surface area contributed by atoms with Gasteiger partial charge in [-0.05, 0) is 59.7 Å². The van der Waals surface area contributed by atoms with Crippen LogP contribution in [-0.2, 0) is 6.61 Å². The van der Waals surface area contributed by atoms with Crippen molar-refractivity contribution in [1.29, 1.82) is 0 Å². The molecule has 0 fully saturated rings. The minimum atomic E-state index is 0.326. The summed E-state index contributed by atoms with van der Waals surface area (Å²) in [7, 11) is 1.58. The molecule has 0 unspecified atom stereocenters. The fourth-order valence-electron chi connectivity index (χ4n) is 2.98. The van der Waals surface area contributed by atoms with Crippen LogP contribution in [0, 0.1) is 0 Å². The fraction of sp³-hybridized carbons (Fsp3) is 0.0833. The van der Waals surface area contributed by atoms with Crippen LogP contribution in [0.3, 0.4) is 0 Å². The van der Waals surface area contributed by atoms with Gasteiger partial charge in [-0.2, -0.15) is 5.10 Å². The first-order chi connectivity index (χ1) is 16.4. The second-order valence-electron chi connectivity index (χ2n) is 6.98. The van der Waals surface area contributed by atoms with Crippen LogP contribution < -0.4 is 14.9 Å². The average Bonchev–Trinajstić information content (AvgIpc) is 3.28. The number of hydrazone groups is 1. The Bertz CT molecular complexity index is 1340. The predicted octanol–water partition coefficient (Wildman–Crippen LogP) is 8.46. The molecule has 0 bridgehead atoms. The number of nitrogens with zero attached hydrogens (tertiary/aromatic N) is 2. The van der Waals surface area contributed by atoms with Gasteiger partial charge in [0.2, 0.25) is 5.13 Å². The Labute approximate surface area is 220 Å². The van der Waals surface area contributed by atoms with Gasteiger partial charge < -0.3 is 9.47 Å². The molecule has 34 heavy (non-hydrogen) atoms. The molecule has 0 saturated heterocycles. The molecule has 1 N–H and O–H groups in total. The number of anilines is 1. The number of methoxy groups -OCH3 is 1. The SMILES string of the molecule is COc1cc(/C=N\Nc2nc(-c3ccc(Cl)cc3Cl)cs2)ccc1OCc1ccc(Cl)c(Cl)c1. The Hall–Kier alpha value is -2.48. The number of ether oxygens (including phenoxy) is 2. The van der Waals surface area contributed by atoms with Gasteiger partial charge in [-0.3, -0.25) is 5.43 Å². The molecule has 0 amide bonds. The van der Waals surface area contributed by atoms with Crippen molar-refractivity contribution in [3.8, 4) is 22.8 Å². The summed E-state index contributed by atoms with van der Waals surface area (Å²) in [4.78, 5) is 4.52. The molecular weight excluding hydrogens is 536 g/mol. The van der Waals surface area contributed by atoms with Crippen molar-refractivity contribution in [3.63, 3.8) is 0 Å². The minimum absolute atomic E-state index is 0.326. The molecule has 0 aliphatic rings. The smallest absolute Gasteiger partial charge is 0.203 e. The zero-order chi connectivity index (χ0) is 24.1. The highest BCUT2D eigenvalue weighted by Gasteiger charge is 2.09. The van der Waals surface area contributed by atoms with E-state index in [2.05, 4.69) is 15.5 Å². The Morgan fingerprint density at radius 2 is 1.79 bits per heavy atom. The topological polar surface area (TPSA) is 55.7 Å². The van der Waals surface area contributed by atoms with Crippen LogP contribution >= 0.6 is 57.7 Å². The molecule has 0 atom stereocenters. The van der Waals surface area contributed by atoms with Gasteiger partial charge in [-0.15, -0.1) is 11.3 Å². The number of benzene rings is 3. The maximum absolute atomic E-state index is 6.27. The van der Waals surface area contributed by atoms with E-state index in [4.69, 9.17) is 55.9 Å². The van der Waals surface area contributed by atoms with E-state index in [1.807, 2.05) is 35.7 Å². The molecule has 10 heteroatoms. The number of halogens is 4. The third kappa shape index (κ3) is 6.14. The van der Waals surface area contributed by atoms with E-state index in [0.29, 0.717) is 43.3 Å². The Balaban J connectivity index is 1.39. The summed E-state index contributed by atoms with van der Waals surface area (Å²) in [6, 6.07) is 16.2. The molecule has 0 spiro atoms. The number of rotatable bonds is 8. The second-order valence-corrected chi connectivity index (χ2v) is 9.50. The second kappa shape index (κ2) is 11.3. The molecule has 4 rings (SSSR count). The Kier molecular flexibility index (Phi) is 8.19. The number of aromatic nitrogens is 1. The number of hydrogen-bond acceptors (Lipinski definition) is 6. The van der Waals surface area contributed by atoms with Crippen LogP contribution in [0.5, 0.6) is 11.5 Å². The van der Waals surface area contributed by atoms with Gasteiger partial charge in [-0.25, -0.2) is 4.98 Å². The summed E-state index contributed by atoms with van der Waals surface area (Å²) < 4.78 is 11.4. The van der Waals surface area contributed by atoms with E-state index < -0.39 is 0 Å². The summed E-state index contributed by atoms with van der Waals surface area (Å²) in [6.07, 6.45) is 1.67. The highest BCUT2D eigenvalue weighted by atomic mass is 35.5. The van der Waals surface area contributed by atoms with Crippen molar-refractivity contribution < 1.29 is 9.47 Å². The van der Waals surface area contributed by atoms with Crippen molar-refractivity contribution in [2.24, 2.45) is 5.10 Å². The van der Waals surface area contributed by atoms with Crippen molar-refractivity contribution in [1.82, 2.24) is 4.98 Å². The molecular formula is C24H17Cl4N3O2S. The molecule has 174 valence electrons. The van der Waals surface area contributed by atoms with E-state index in [0.717, 1.165) is 22.4 Å². The molecule has 0 aliphatic heterocycles. The zero-order valence-electron chi connectivity index (χ0n) is 17.7. The van der Waals surface area contributed by atoms with Gasteiger partial charge in [0.25, 0.3) is 0 Å². The lowest BCUT2D eigenvalue weighted by molar-refractivity contribution is 0.284. The fourth-order valence-corrected chi connectivity index (χ4v) is 4.47. The summed E-state index contributed by atoms with van der Waals surface area (Å²) in [5, 5.41) is 8.90. The molecule has 0 radical (unpaired) electrons. The van der Waals surface area contributed by atoms with Gasteiger partial charge in [0.1, 0.15) is 6.61 Å². The summed E-state index contributed by atoms with van der Waals surface area (Å²) >= 11 is 25.7. The normalized spacial score (nSPS) is 11.1. The van der Waals surface area contributed by atoms with Crippen molar-refractivity contribution >= 4 is 69.1 Å². The third-order valence-electron chi connectivity index (χ3n) is 4.65. The maximum atomic E-state index is 6.27. The van der Waals surface area contributed by atoms with Crippen molar-refractivity contribution in [2.45, 2.75) is 6.61 Å². The zero-order valence-corrected chi connectivity index (χ0v) is 21.5. The van der Waals surface area contributed by atoms with Gasteiger partial charge >= 0.3 is 0 Å². The number of nitrogens with one attached hydrogen (secondary N) is 1. The third-order valence-corrected chi connectivity index (χ3v) is 6.68. The van der Waals surface area contributed by atoms with Crippen LogP contribution in [0.4, 0.5) is 5.13 Å². The largest absolute Gasteiger partial charge is 0.493 e. The van der Waals surface area contributed by atoms with Crippen molar-refractivity contribution in [2.75, 3.05) is 12.5 Å². The van der Waals surface area contributed by atoms with Crippen LogP contribution in [0.25, 0.3) is 11.3 Å². The molecule has 5 nitrogen and oxygen atoms in total. The lowest BCUT2D eigenvalue weighted by Crippen LogP contribution is -1.99. The quantitative estimate of drug-likeness (QED) is 0.176. The standard InChI is InChI=1S/C24H17Cl4N3O2S/c1-32-23-9-14(3-7-22(23)33-12-15-2-6-18(26)20(28)8-15)11-29-31-24-30-21(13-34-24)17-5-4-16(25)10-19(17)27/h2-11,13H,12H2,1H3,(H,30,31)/b29-11-. The molecule has 0 saturated carbocycles. The first kappa shape index (κ1) is 24.6. The monoisotopic (exact) mass is 551 g/mol.